The Morgan fingerprint density at radius 2 is 2.00 bits per heavy atom. The molecular weight excluding hydrogens is 242 g/mol. The first kappa shape index (κ1) is 16.4. The van der Waals surface area contributed by atoms with Gasteiger partial charge in [0, 0.05) is 24.5 Å². The Hall–Kier alpha value is -0.610. The van der Waals surface area contributed by atoms with Crippen molar-refractivity contribution in [1.29, 1.82) is 0 Å². The molecule has 1 aliphatic carbocycles. The van der Waals surface area contributed by atoms with E-state index >= 15 is 0 Å². The van der Waals surface area contributed by atoms with E-state index in [9.17, 15) is 4.79 Å². The lowest BCUT2D eigenvalue weighted by Crippen LogP contribution is -2.63. The highest BCUT2D eigenvalue weighted by atomic mass is 16.5. The summed E-state index contributed by atoms with van der Waals surface area (Å²) in [7, 11) is 2.12. The second kappa shape index (κ2) is 7.25. The van der Waals surface area contributed by atoms with E-state index in [1.54, 1.807) is 0 Å². The first-order valence-electron chi connectivity index (χ1n) is 7.55. The smallest absolute Gasteiger partial charge is 0.303 e. The van der Waals surface area contributed by atoms with Gasteiger partial charge in [-0.2, -0.15) is 0 Å². The van der Waals surface area contributed by atoms with Crippen LogP contribution in [0, 0.1) is 5.41 Å². The van der Waals surface area contributed by atoms with Gasteiger partial charge < -0.3 is 14.7 Å². The monoisotopic (exact) mass is 271 g/mol. The van der Waals surface area contributed by atoms with Crippen molar-refractivity contribution in [3.05, 3.63) is 0 Å². The number of hydrogen-bond donors (Lipinski definition) is 1. The summed E-state index contributed by atoms with van der Waals surface area (Å²) < 4.78 is 5.88. The van der Waals surface area contributed by atoms with Gasteiger partial charge in [-0.05, 0) is 46.2 Å². The zero-order valence-electron chi connectivity index (χ0n) is 12.8. The van der Waals surface area contributed by atoms with Crippen LogP contribution in [0.1, 0.15) is 52.9 Å². The van der Waals surface area contributed by atoms with Crippen molar-refractivity contribution < 1.29 is 14.6 Å². The predicted molar refractivity (Wildman–Crippen MR) is 76.3 cm³/mol. The van der Waals surface area contributed by atoms with E-state index in [1.165, 1.54) is 0 Å². The molecule has 112 valence electrons. The minimum atomic E-state index is -0.702. The Kier molecular flexibility index (Phi) is 6.27. The lowest BCUT2D eigenvalue weighted by atomic mass is 9.58. The highest BCUT2D eigenvalue weighted by Crippen LogP contribution is 2.51. The molecule has 0 aromatic rings. The molecule has 0 saturated heterocycles. The first-order valence-corrected chi connectivity index (χ1v) is 7.55. The normalized spacial score (nSPS) is 25.3. The van der Waals surface area contributed by atoms with Gasteiger partial charge in [0.05, 0.1) is 6.10 Å². The molecule has 4 heteroatoms. The van der Waals surface area contributed by atoms with Gasteiger partial charge in [-0.3, -0.25) is 4.79 Å². The summed E-state index contributed by atoms with van der Waals surface area (Å²) in [6, 6.07) is 0.535. The molecule has 1 aliphatic rings. The van der Waals surface area contributed by atoms with Crippen molar-refractivity contribution in [2.45, 2.75) is 65.0 Å². The molecule has 0 spiro atoms. The van der Waals surface area contributed by atoms with Crippen LogP contribution < -0.4 is 0 Å². The van der Waals surface area contributed by atoms with Crippen LogP contribution in [0.2, 0.25) is 0 Å². The molecule has 4 nitrogen and oxygen atoms in total. The molecule has 1 N–H and O–H groups in total. The van der Waals surface area contributed by atoms with E-state index in [2.05, 4.69) is 32.7 Å². The number of aliphatic carboxylic acids is 1. The quantitative estimate of drug-likeness (QED) is 0.700. The largest absolute Gasteiger partial charge is 0.481 e. The van der Waals surface area contributed by atoms with Gasteiger partial charge in [0.2, 0.25) is 0 Å². The van der Waals surface area contributed by atoms with Gasteiger partial charge in [-0.1, -0.05) is 13.8 Å². The predicted octanol–water partition coefficient (Wildman–Crippen LogP) is 2.77. The van der Waals surface area contributed by atoms with Crippen LogP contribution in [-0.2, 0) is 9.53 Å². The molecule has 19 heavy (non-hydrogen) atoms. The molecule has 1 fully saturated rings. The summed E-state index contributed by atoms with van der Waals surface area (Å²) >= 11 is 0. The van der Waals surface area contributed by atoms with Crippen LogP contribution in [0.15, 0.2) is 0 Å². The van der Waals surface area contributed by atoms with Crippen molar-refractivity contribution in [2.75, 3.05) is 20.2 Å². The highest BCUT2D eigenvalue weighted by molar-refractivity contribution is 5.66. The lowest BCUT2D eigenvalue weighted by Gasteiger charge is -2.58. The molecule has 0 aromatic carbocycles. The number of ether oxygens (including phenoxy) is 1. The van der Waals surface area contributed by atoms with Crippen molar-refractivity contribution in [1.82, 2.24) is 4.90 Å². The molecule has 0 heterocycles. The van der Waals surface area contributed by atoms with Crippen LogP contribution in [-0.4, -0.2) is 48.3 Å². The van der Waals surface area contributed by atoms with Gasteiger partial charge in [0.1, 0.15) is 0 Å². The average Bonchev–Trinajstić information content (AvgIpc) is 2.35. The Morgan fingerprint density at radius 3 is 2.47 bits per heavy atom. The molecular formula is C15H29NO3. The third kappa shape index (κ3) is 3.48. The van der Waals surface area contributed by atoms with Crippen LogP contribution in [0.3, 0.4) is 0 Å². The van der Waals surface area contributed by atoms with Crippen LogP contribution in [0.25, 0.3) is 0 Å². The van der Waals surface area contributed by atoms with Crippen molar-refractivity contribution in [2.24, 2.45) is 5.41 Å². The minimum Gasteiger partial charge on any atom is -0.481 e. The maximum absolute atomic E-state index is 10.6. The standard InChI is InChI=1S/C15H29NO3/c1-5-15(6-2)12(11-13(15)19-7-3)16(4)10-8-9-14(17)18/h12-13H,5-11H2,1-4H3,(H,17,18). The van der Waals surface area contributed by atoms with E-state index in [0.717, 1.165) is 38.8 Å². The van der Waals surface area contributed by atoms with Crippen LogP contribution >= 0.6 is 0 Å². The summed E-state index contributed by atoms with van der Waals surface area (Å²) in [5, 5.41) is 8.70. The zero-order valence-corrected chi connectivity index (χ0v) is 12.8. The summed E-state index contributed by atoms with van der Waals surface area (Å²) in [6.07, 6.45) is 4.70. The average molecular weight is 271 g/mol. The van der Waals surface area contributed by atoms with E-state index in [1.807, 2.05) is 0 Å². The van der Waals surface area contributed by atoms with E-state index < -0.39 is 5.97 Å². The summed E-state index contributed by atoms with van der Waals surface area (Å²) in [5.74, 6) is -0.702. The van der Waals surface area contributed by atoms with Gasteiger partial charge in [-0.25, -0.2) is 0 Å². The maximum Gasteiger partial charge on any atom is 0.303 e. The Labute approximate surface area is 117 Å². The molecule has 0 aromatic heterocycles. The SMILES string of the molecule is CCOC1CC(N(C)CCCC(=O)O)C1(CC)CC. The Morgan fingerprint density at radius 1 is 1.37 bits per heavy atom. The van der Waals surface area contributed by atoms with Gasteiger partial charge >= 0.3 is 5.97 Å². The number of carbonyl (C=O) groups is 1. The fourth-order valence-electron chi connectivity index (χ4n) is 3.59. The van der Waals surface area contributed by atoms with Crippen molar-refractivity contribution >= 4 is 5.97 Å². The maximum atomic E-state index is 10.6. The fourth-order valence-corrected chi connectivity index (χ4v) is 3.59. The molecule has 2 atom stereocenters. The number of carboxylic acids is 1. The number of hydrogen-bond acceptors (Lipinski definition) is 3. The van der Waals surface area contributed by atoms with Gasteiger partial charge in [-0.15, -0.1) is 0 Å². The molecule has 0 aliphatic heterocycles. The molecule has 0 radical (unpaired) electrons. The van der Waals surface area contributed by atoms with E-state index in [-0.39, 0.29) is 11.8 Å². The highest BCUT2D eigenvalue weighted by Gasteiger charge is 2.54. The third-order valence-corrected chi connectivity index (χ3v) is 4.86. The second-order valence-electron chi connectivity index (χ2n) is 5.61. The third-order valence-electron chi connectivity index (χ3n) is 4.86. The van der Waals surface area contributed by atoms with E-state index in [0.29, 0.717) is 12.1 Å². The van der Waals surface area contributed by atoms with Crippen LogP contribution in [0.5, 0.6) is 0 Å². The number of carboxylic acid groups (broad SMARTS) is 1. The van der Waals surface area contributed by atoms with E-state index in [4.69, 9.17) is 9.84 Å². The minimum absolute atomic E-state index is 0.258. The van der Waals surface area contributed by atoms with Gasteiger partial charge in [0.25, 0.3) is 0 Å². The lowest BCUT2D eigenvalue weighted by molar-refractivity contribution is -0.167. The molecule has 0 amide bonds. The summed E-state index contributed by atoms with van der Waals surface area (Å²) in [6.45, 7) is 8.18. The van der Waals surface area contributed by atoms with Crippen LogP contribution in [0.4, 0.5) is 0 Å². The van der Waals surface area contributed by atoms with Crippen molar-refractivity contribution in [3.63, 3.8) is 0 Å². The second-order valence-corrected chi connectivity index (χ2v) is 5.61. The van der Waals surface area contributed by atoms with Crippen molar-refractivity contribution in [3.8, 4) is 0 Å². The topological polar surface area (TPSA) is 49.8 Å². The molecule has 0 bridgehead atoms. The first-order chi connectivity index (χ1) is 9.01. The Balaban J connectivity index is 2.55. The Bertz CT molecular complexity index is 289. The zero-order chi connectivity index (χ0) is 14.5. The van der Waals surface area contributed by atoms with Gasteiger partial charge in [0.15, 0.2) is 0 Å². The number of nitrogens with zero attached hydrogens (tertiary/aromatic N) is 1. The fraction of sp³-hybridized carbons (Fsp3) is 0.933. The summed E-state index contributed by atoms with van der Waals surface area (Å²) in [5.41, 5.74) is 0.258. The molecule has 1 rings (SSSR count). The number of rotatable bonds is 9. The summed E-state index contributed by atoms with van der Waals surface area (Å²) in [4.78, 5) is 12.9. The molecule has 2 unspecified atom stereocenters. The molecule has 1 saturated carbocycles.